The van der Waals surface area contributed by atoms with E-state index in [2.05, 4.69) is 36.3 Å². The summed E-state index contributed by atoms with van der Waals surface area (Å²) in [4.78, 5) is 0. The monoisotopic (exact) mass is 169 g/mol. The van der Waals surface area contributed by atoms with Gasteiger partial charge in [0, 0.05) is 0 Å². The quantitative estimate of drug-likeness (QED) is 0.728. The number of nitrogens with two attached hydrogens (primary N) is 1. The van der Waals surface area contributed by atoms with Crippen molar-refractivity contribution < 1.29 is 0 Å². The average molecular weight is 169 g/mol. The van der Waals surface area contributed by atoms with E-state index in [0.717, 1.165) is 6.42 Å². The first-order valence-electron chi connectivity index (χ1n) is 4.14. The number of nitrogen functional groups attached to an aromatic ring is 1. The van der Waals surface area contributed by atoms with E-state index < -0.39 is 0 Å². The third-order valence-corrected chi connectivity index (χ3v) is 1.75. The Balaban J connectivity index is 2.65. The van der Waals surface area contributed by atoms with Crippen LogP contribution in [0, 0.1) is 5.92 Å². The van der Waals surface area contributed by atoms with Crippen LogP contribution in [0.1, 0.15) is 33.2 Å². The number of tetrazole rings is 1. The van der Waals surface area contributed by atoms with Gasteiger partial charge in [-0.1, -0.05) is 18.9 Å². The number of hydrogen-bond donors (Lipinski definition) is 1. The van der Waals surface area contributed by atoms with Crippen molar-refractivity contribution >= 4 is 5.95 Å². The van der Waals surface area contributed by atoms with Gasteiger partial charge in [0.25, 0.3) is 0 Å². The Labute approximate surface area is 71.9 Å². The Morgan fingerprint density at radius 3 is 2.50 bits per heavy atom. The molecule has 0 aliphatic heterocycles. The fraction of sp³-hybridized carbons (Fsp3) is 0.857. The third kappa shape index (κ3) is 1.93. The van der Waals surface area contributed by atoms with Gasteiger partial charge in [-0.25, -0.2) is 4.68 Å². The molecule has 1 aromatic rings. The summed E-state index contributed by atoms with van der Waals surface area (Å²) in [6.07, 6.45) is 1.04. The second-order valence-corrected chi connectivity index (χ2v) is 3.46. The van der Waals surface area contributed by atoms with Crippen molar-refractivity contribution in [1.29, 1.82) is 0 Å². The summed E-state index contributed by atoms with van der Waals surface area (Å²) in [5, 5.41) is 10.9. The zero-order chi connectivity index (χ0) is 9.14. The molecule has 1 unspecified atom stereocenters. The molecule has 12 heavy (non-hydrogen) atoms. The molecular formula is C7H15N5. The Hall–Kier alpha value is -1.13. The molecule has 0 fully saturated rings. The fourth-order valence-corrected chi connectivity index (χ4v) is 1.30. The second kappa shape index (κ2) is 3.51. The van der Waals surface area contributed by atoms with Crippen LogP contribution in [-0.4, -0.2) is 20.2 Å². The van der Waals surface area contributed by atoms with E-state index in [1.165, 1.54) is 0 Å². The SMILES string of the molecule is CC(C)CC(C)n1nnnc1N. The van der Waals surface area contributed by atoms with Crippen molar-refractivity contribution in [2.45, 2.75) is 33.2 Å². The first kappa shape index (κ1) is 8.96. The van der Waals surface area contributed by atoms with Crippen LogP contribution in [0.2, 0.25) is 0 Å². The highest BCUT2D eigenvalue weighted by Gasteiger charge is 2.11. The summed E-state index contributed by atoms with van der Waals surface area (Å²) in [5.74, 6) is 1.02. The molecule has 0 aromatic carbocycles. The van der Waals surface area contributed by atoms with E-state index in [-0.39, 0.29) is 6.04 Å². The lowest BCUT2D eigenvalue weighted by Crippen LogP contribution is -2.12. The topological polar surface area (TPSA) is 69.6 Å². The van der Waals surface area contributed by atoms with E-state index in [1.54, 1.807) is 4.68 Å². The molecule has 1 rings (SSSR count). The van der Waals surface area contributed by atoms with Crippen LogP contribution in [0.15, 0.2) is 0 Å². The molecule has 0 amide bonds. The predicted molar refractivity (Wildman–Crippen MR) is 46.4 cm³/mol. The highest BCUT2D eigenvalue weighted by atomic mass is 15.6. The first-order chi connectivity index (χ1) is 5.61. The van der Waals surface area contributed by atoms with Crippen LogP contribution in [-0.2, 0) is 0 Å². The second-order valence-electron chi connectivity index (χ2n) is 3.46. The van der Waals surface area contributed by atoms with Crippen molar-refractivity contribution in [3.8, 4) is 0 Å². The van der Waals surface area contributed by atoms with Gasteiger partial charge in [0.1, 0.15) is 0 Å². The maximum absolute atomic E-state index is 5.54. The number of rotatable bonds is 3. The maximum Gasteiger partial charge on any atom is 0.240 e. The highest BCUT2D eigenvalue weighted by molar-refractivity contribution is 5.10. The van der Waals surface area contributed by atoms with Crippen LogP contribution in [0.3, 0.4) is 0 Å². The molecule has 0 aliphatic rings. The van der Waals surface area contributed by atoms with Crippen molar-refractivity contribution in [3.05, 3.63) is 0 Å². The van der Waals surface area contributed by atoms with Crippen molar-refractivity contribution in [1.82, 2.24) is 20.2 Å². The van der Waals surface area contributed by atoms with Crippen molar-refractivity contribution in [3.63, 3.8) is 0 Å². The van der Waals surface area contributed by atoms with Crippen LogP contribution in [0.5, 0.6) is 0 Å². The minimum Gasteiger partial charge on any atom is -0.367 e. The molecule has 5 heteroatoms. The minimum absolute atomic E-state index is 0.278. The molecule has 1 atom stereocenters. The van der Waals surface area contributed by atoms with E-state index in [9.17, 15) is 0 Å². The van der Waals surface area contributed by atoms with Gasteiger partial charge in [-0.2, -0.15) is 0 Å². The fourth-order valence-electron chi connectivity index (χ4n) is 1.30. The Kier molecular flexibility index (Phi) is 2.62. The molecule has 0 radical (unpaired) electrons. The average Bonchev–Trinajstić information content (AvgIpc) is 2.33. The van der Waals surface area contributed by atoms with E-state index in [1.807, 2.05) is 0 Å². The summed E-state index contributed by atoms with van der Waals surface area (Å²) in [7, 11) is 0. The summed E-state index contributed by atoms with van der Waals surface area (Å²) >= 11 is 0. The number of anilines is 1. The molecule has 68 valence electrons. The summed E-state index contributed by atoms with van der Waals surface area (Å²) in [6, 6.07) is 0.278. The predicted octanol–water partition coefficient (Wildman–Crippen LogP) is 0.862. The van der Waals surface area contributed by atoms with Crippen molar-refractivity contribution in [2.75, 3.05) is 5.73 Å². The van der Waals surface area contributed by atoms with E-state index >= 15 is 0 Å². The normalized spacial score (nSPS) is 13.7. The third-order valence-electron chi connectivity index (χ3n) is 1.75. The molecule has 0 saturated heterocycles. The largest absolute Gasteiger partial charge is 0.367 e. The van der Waals surface area contributed by atoms with Crippen molar-refractivity contribution in [2.24, 2.45) is 5.92 Å². The number of aromatic nitrogens is 4. The van der Waals surface area contributed by atoms with Gasteiger partial charge in [-0.3, -0.25) is 0 Å². The molecule has 2 N–H and O–H groups in total. The van der Waals surface area contributed by atoms with Gasteiger partial charge in [-0.05, 0) is 29.7 Å². The number of nitrogens with zero attached hydrogens (tertiary/aromatic N) is 4. The smallest absolute Gasteiger partial charge is 0.240 e. The summed E-state index contributed by atoms with van der Waals surface area (Å²) < 4.78 is 1.65. The summed E-state index contributed by atoms with van der Waals surface area (Å²) in [6.45, 7) is 6.39. The van der Waals surface area contributed by atoms with Crippen LogP contribution in [0.25, 0.3) is 0 Å². The van der Waals surface area contributed by atoms with Gasteiger partial charge in [0.15, 0.2) is 0 Å². The highest BCUT2D eigenvalue weighted by Crippen LogP contribution is 2.16. The summed E-state index contributed by atoms with van der Waals surface area (Å²) in [5.41, 5.74) is 5.54. The molecule has 1 aromatic heterocycles. The molecule has 5 nitrogen and oxygen atoms in total. The molecule has 0 saturated carbocycles. The molecule has 1 heterocycles. The standard InChI is InChI=1S/C7H15N5/c1-5(2)4-6(3)12-7(8)9-10-11-12/h5-6H,4H2,1-3H3,(H2,8,9,11). The zero-order valence-electron chi connectivity index (χ0n) is 7.73. The molecule has 0 bridgehead atoms. The van der Waals surface area contributed by atoms with Gasteiger partial charge in [0.2, 0.25) is 5.95 Å². The zero-order valence-corrected chi connectivity index (χ0v) is 7.73. The lowest BCUT2D eigenvalue weighted by Gasteiger charge is -2.13. The van der Waals surface area contributed by atoms with Gasteiger partial charge in [-0.15, -0.1) is 0 Å². The van der Waals surface area contributed by atoms with Crippen LogP contribution >= 0.6 is 0 Å². The number of hydrogen-bond acceptors (Lipinski definition) is 4. The lowest BCUT2D eigenvalue weighted by molar-refractivity contribution is 0.395. The Morgan fingerprint density at radius 1 is 1.42 bits per heavy atom. The van der Waals surface area contributed by atoms with Crippen LogP contribution in [0.4, 0.5) is 5.95 Å². The van der Waals surface area contributed by atoms with Gasteiger partial charge >= 0.3 is 0 Å². The molecular weight excluding hydrogens is 154 g/mol. The minimum atomic E-state index is 0.278. The Bertz CT molecular complexity index is 242. The molecule has 0 aliphatic carbocycles. The van der Waals surface area contributed by atoms with Gasteiger partial charge in [0.05, 0.1) is 6.04 Å². The first-order valence-corrected chi connectivity index (χ1v) is 4.14. The lowest BCUT2D eigenvalue weighted by atomic mass is 10.1. The molecule has 0 spiro atoms. The Morgan fingerprint density at radius 2 is 2.08 bits per heavy atom. The van der Waals surface area contributed by atoms with Crippen LogP contribution < -0.4 is 5.73 Å². The maximum atomic E-state index is 5.54. The van der Waals surface area contributed by atoms with E-state index in [4.69, 9.17) is 5.73 Å². The van der Waals surface area contributed by atoms with E-state index in [0.29, 0.717) is 11.9 Å². The van der Waals surface area contributed by atoms with Gasteiger partial charge < -0.3 is 5.73 Å².